The van der Waals surface area contributed by atoms with Gasteiger partial charge in [0, 0.05) is 13.6 Å². The number of hydrogen-bond acceptors (Lipinski definition) is 4. The molecule has 1 N–H and O–H groups in total. The topological polar surface area (TPSA) is 75.4 Å². The Morgan fingerprint density at radius 1 is 1.40 bits per heavy atom. The van der Waals surface area contributed by atoms with Gasteiger partial charge in [0.2, 0.25) is 10.0 Å². The van der Waals surface area contributed by atoms with Crippen molar-refractivity contribution in [2.75, 3.05) is 20.2 Å². The zero-order valence-electron chi connectivity index (χ0n) is 12.3. The van der Waals surface area contributed by atoms with Crippen LogP contribution in [0.5, 0.6) is 0 Å². The summed E-state index contributed by atoms with van der Waals surface area (Å²) in [5.74, 6) is 0.489. The molecule has 0 amide bonds. The highest BCUT2D eigenvalue weighted by atomic mass is 32.2. The van der Waals surface area contributed by atoms with E-state index in [9.17, 15) is 8.42 Å². The number of aromatic nitrogens is 2. The summed E-state index contributed by atoms with van der Waals surface area (Å²) < 4.78 is 28.4. The van der Waals surface area contributed by atoms with Crippen molar-refractivity contribution in [1.82, 2.24) is 14.1 Å². The van der Waals surface area contributed by atoms with Gasteiger partial charge < -0.3 is 5.11 Å². The van der Waals surface area contributed by atoms with Crippen LogP contribution in [0.3, 0.4) is 0 Å². The lowest BCUT2D eigenvalue weighted by atomic mass is 9.86. The quantitative estimate of drug-likeness (QED) is 0.847. The Morgan fingerprint density at radius 3 is 2.55 bits per heavy atom. The normalized spacial score (nSPS) is 16.6. The standard InChI is InChI=1S/C13H23N3O3S/c1-10-13(11(2)16(14-10)7-8-17)20(18,19)15(3)9-12-5-4-6-12/h12,17H,4-9H2,1-3H3. The molecule has 1 aromatic rings. The third-order valence-electron chi connectivity index (χ3n) is 4.04. The van der Waals surface area contributed by atoms with Crippen molar-refractivity contribution in [3.05, 3.63) is 11.4 Å². The highest BCUT2D eigenvalue weighted by molar-refractivity contribution is 7.89. The molecule has 2 rings (SSSR count). The first-order valence-electron chi connectivity index (χ1n) is 6.99. The molecular formula is C13H23N3O3S. The monoisotopic (exact) mass is 301 g/mol. The minimum Gasteiger partial charge on any atom is -0.394 e. The predicted molar refractivity (Wildman–Crippen MR) is 75.9 cm³/mol. The molecule has 1 aromatic heterocycles. The van der Waals surface area contributed by atoms with E-state index in [1.807, 2.05) is 0 Å². The largest absolute Gasteiger partial charge is 0.394 e. The Hall–Kier alpha value is -0.920. The second-order valence-electron chi connectivity index (χ2n) is 5.53. The van der Waals surface area contributed by atoms with E-state index in [2.05, 4.69) is 5.10 Å². The summed E-state index contributed by atoms with van der Waals surface area (Å²) in [5, 5.41) is 13.2. The molecule has 0 radical (unpaired) electrons. The summed E-state index contributed by atoms with van der Waals surface area (Å²) in [5.41, 5.74) is 1.09. The molecule has 1 fully saturated rings. The SMILES string of the molecule is Cc1nn(CCO)c(C)c1S(=O)(=O)N(C)CC1CCC1. The van der Waals surface area contributed by atoms with Crippen LogP contribution in [0.1, 0.15) is 30.7 Å². The van der Waals surface area contributed by atoms with E-state index in [0.717, 1.165) is 12.8 Å². The van der Waals surface area contributed by atoms with Crippen molar-refractivity contribution in [3.8, 4) is 0 Å². The van der Waals surface area contributed by atoms with E-state index in [0.29, 0.717) is 30.4 Å². The van der Waals surface area contributed by atoms with Crippen LogP contribution in [0.15, 0.2) is 4.90 Å². The lowest BCUT2D eigenvalue weighted by Gasteiger charge is -2.29. The van der Waals surface area contributed by atoms with E-state index in [1.54, 1.807) is 25.6 Å². The van der Waals surface area contributed by atoms with Crippen molar-refractivity contribution in [1.29, 1.82) is 0 Å². The van der Waals surface area contributed by atoms with Crippen LogP contribution >= 0.6 is 0 Å². The fourth-order valence-electron chi connectivity index (χ4n) is 2.66. The molecule has 1 saturated carbocycles. The van der Waals surface area contributed by atoms with E-state index in [1.165, 1.54) is 10.7 Å². The first kappa shape index (κ1) is 15.5. The number of aliphatic hydroxyl groups is 1. The second kappa shape index (κ2) is 5.83. The molecule has 20 heavy (non-hydrogen) atoms. The van der Waals surface area contributed by atoms with Crippen LogP contribution in [-0.2, 0) is 16.6 Å². The Labute approximate surface area is 120 Å². The van der Waals surface area contributed by atoms with Gasteiger partial charge in [-0.05, 0) is 32.6 Å². The molecule has 0 aromatic carbocycles. The average Bonchev–Trinajstić information content (AvgIpc) is 2.59. The molecule has 0 spiro atoms. The minimum absolute atomic E-state index is 0.0562. The molecule has 114 valence electrons. The van der Waals surface area contributed by atoms with Crippen molar-refractivity contribution < 1.29 is 13.5 Å². The van der Waals surface area contributed by atoms with Gasteiger partial charge in [-0.15, -0.1) is 0 Å². The fourth-order valence-corrected chi connectivity index (χ4v) is 4.27. The van der Waals surface area contributed by atoms with Gasteiger partial charge in [0.25, 0.3) is 0 Å². The summed E-state index contributed by atoms with van der Waals surface area (Å²) in [6.07, 6.45) is 3.42. The van der Waals surface area contributed by atoms with Crippen molar-refractivity contribution in [2.45, 2.75) is 44.6 Å². The lowest BCUT2D eigenvalue weighted by Crippen LogP contribution is -2.34. The Kier molecular flexibility index (Phi) is 4.51. The fraction of sp³-hybridized carbons (Fsp3) is 0.769. The first-order valence-corrected chi connectivity index (χ1v) is 8.43. The lowest BCUT2D eigenvalue weighted by molar-refractivity contribution is 0.262. The van der Waals surface area contributed by atoms with Crippen molar-refractivity contribution in [2.24, 2.45) is 5.92 Å². The third-order valence-corrected chi connectivity index (χ3v) is 6.11. The van der Waals surface area contributed by atoms with E-state index in [-0.39, 0.29) is 11.5 Å². The number of rotatable bonds is 6. The second-order valence-corrected chi connectivity index (χ2v) is 7.51. The molecule has 1 aliphatic rings. The van der Waals surface area contributed by atoms with Gasteiger partial charge in [-0.2, -0.15) is 5.10 Å². The van der Waals surface area contributed by atoms with E-state index < -0.39 is 10.0 Å². The molecule has 7 heteroatoms. The molecule has 0 unspecified atom stereocenters. The molecule has 1 heterocycles. The minimum atomic E-state index is -3.50. The van der Waals surface area contributed by atoms with Crippen LogP contribution in [0.4, 0.5) is 0 Å². The Balaban J connectivity index is 2.28. The number of aliphatic hydroxyl groups excluding tert-OH is 1. The number of hydrogen-bond donors (Lipinski definition) is 1. The van der Waals surface area contributed by atoms with Gasteiger partial charge in [0.1, 0.15) is 4.90 Å². The van der Waals surface area contributed by atoms with Crippen LogP contribution in [0, 0.1) is 19.8 Å². The first-order chi connectivity index (χ1) is 9.37. The van der Waals surface area contributed by atoms with Gasteiger partial charge in [0.05, 0.1) is 24.5 Å². The molecule has 1 aliphatic carbocycles. The van der Waals surface area contributed by atoms with E-state index >= 15 is 0 Å². The molecule has 0 aliphatic heterocycles. The third kappa shape index (κ3) is 2.75. The Bertz CT molecular complexity index is 576. The highest BCUT2D eigenvalue weighted by Crippen LogP contribution is 2.29. The average molecular weight is 301 g/mol. The maximum atomic E-state index is 12.7. The van der Waals surface area contributed by atoms with Crippen LogP contribution in [0.2, 0.25) is 0 Å². The van der Waals surface area contributed by atoms with Crippen molar-refractivity contribution in [3.63, 3.8) is 0 Å². The molecular weight excluding hydrogens is 278 g/mol. The summed E-state index contributed by atoms with van der Waals surface area (Å²) in [7, 11) is -1.87. The van der Waals surface area contributed by atoms with Crippen LogP contribution in [-0.4, -0.2) is 47.8 Å². The molecule has 0 saturated heterocycles. The van der Waals surface area contributed by atoms with Crippen LogP contribution < -0.4 is 0 Å². The molecule has 0 atom stereocenters. The smallest absolute Gasteiger partial charge is 0.246 e. The maximum Gasteiger partial charge on any atom is 0.246 e. The molecule has 6 nitrogen and oxygen atoms in total. The zero-order valence-corrected chi connectivity index (χ0v) is 13.2. The number of sulfonamides is 1. The summed E-state index contributed by atoms with van der Waals surface area (Å²) in [6.45, 7) is 4.27. The summed E-state index contributed by atoms with van der Waals surface area (Å²) in [4.78, 5) is 0.285. The van der Waals surface area contributed by atoms with Gasteiger partial charge in [-0.3, -0.25) is 4.68 Å². The van der Waals surface area contributed by atoms with Gasteiger partial charge >= 0.3 is 0 Å². The summed E-state index contributed by atoms with van der Waals surface area (Å²) in [6, 6.07) is 0. The zero-order chi connectivity index (χ0) is 14.9. The van der Waals surface area contributed by atoms with Gasteiger partial charge in [-0.1, -0.05) is 6.42 Å². The number of aryl methyl sites for hydroxylation is 1. The number of nitrogens with zero attached hydrogens (tertiary/aromatic N) is 3. The van der Waals surface area contributed by atoms with Crippen LogP contribution in [0.25, 0.3) is 0 Å². The van der Waals surface area contributed by atoms with Gasteiger partial charge in [0.15, 0.2) is 0 Å². The predicted octanol–water partition coefficient (Wildman–Crippen LogP) is 0.913. The van der Waals surface area contributed by atoms with Crippen molar-refractivity contribution >= 4 is 10.0 Å². The van der Waals surface area contributed by atoms with E-state index in [4.69, 9.17) is 5.11 Å². The summed E-state index contributed by atoms with van der Waals surface area (Å²) >= 11 is 0. The highest BCUT2D eigenvalue weighted by Gasteiger charge is 2.31. The van der Waals surface area contributed by atoms with Gasteiger partial charge in [-0.25, -0.2) is 12.7 Å². The maximum absolute atomic E-state index is 12.7. The molecule has 0 bridgehead atoms. The Morgan fingerprint density at radius 2 is 2.05 bits per heavy atom.